The van der Waals surface area contributed by atoms with Gasteiger partial charge in [0.05, 0.1) is 6.54 Å². The van der Waals surface area contributed by atoms with Crippen molar-refractivity contribution in [3.63, 3.8) is 0 Å². The number of nitrogens with one attached hydrogen (secondary N) is 2. The Balaban J connectivity index is 2.23. The van der Waals surface area contributed by atoms with Crippen molar-refractivity contribution in [3.8, 4) is 0 Å². The first-order valence-corrected chi connectivity index (χ1v) is 6.28. The highest BCUT2D eigenvalue weighted by Gasteiger charge is 2.04. The molecule has 4 nitrogen and oxygen atoms in total. The van der Waals surface area contributed by atoms with E-state index in [9.17, 15) is 9.59 Å². The highest BCUT2D eigenvalue weighted by atomic mass is 16.1. The van der Waals surface area contributed by atoms with E-state index in [0.29, 0.717) is 25.9 Å². The van der Waals surface area contributed by atoms with Crippen LogP contribution in [0.2, 0.25) is 0 Å². The van der Waals surface area contributed by atoms with Crippen molar-refractivity contribution < 1.29 is 9.59 Å². The lowest BCUT2D eigenvalue weighted by molar-refractivity contribution is -0.121. The molecular weight excluding hydrogens is 204 g/mol. The molecule has 0 bridgehead atoms. The average molecular weight is 226 g/mol. The molecule has 0 aliphatic carbocycles. The van der Waals surface area contributed by atoms with E-state index < -0.39 is 0 Å². The van der Waals surface area contributed by atoms with Crippen LogP contribution in [-0.2, 0) is 9.59 Å². The Morgan fingerprint density at radius 3 is 2.44 bits per heavy atom. The number of carbonyl (C=O) groups excluding carboxylic acids is 2. The number of hydrogen-bond acceptors (Lipinski definition) is 3. The Hall–Kier alpha value is -0.900. The van der Waals surface area contributed by atoms with E-state index in [4.69, 9.17) is 0 Å². The summed E-state index contributed by atoms with van der Waals surface area (Å²) >= 11 is 0. The summed E-state index contributed by atoms with van der Waals surface area (Å²) in [5.74, 6) is 0.430. The summed E-state index contributed by atoms with van der Waals surface area (Å²) in [6.07, 6.45) is 6.08. The van der Waals surface area contributed by atoms with Crippen LogP contribution in [0.5, 0.6) is 0 Å². The minimum Gasteiger partial charge on any atom is -0.356 e. The zero-order valence-electron chi connectivity index (χ0n) is 9.89. The summed E-state index contributed by atoms with van der Waals surface area (Å²) in [4.78, 5) is 22.7. The van der Waals surface area contributed by atoms with Gasteiger partial charge in [-0.3, -0.25) is 9.59 Å². The molecule has 1 aliphatic heterocycles. The summed E-state index contributed by atoms with van der Waals surface area (Å²) in [7, 11) is 0. The number of rotatable bonds is 0. The van der Waals surface area contributed by atoms with Crippen LogP contribution in [0.15, 0.2) is 0 Å². The molecule has 16 heavy (non-hydrogen) atoms. The quantitative estimate of drug-likeness (QED) is 0.648. The van der Waals surface area contributed by atoms with Gasteiger partial charge in [-0.05, 0) is 32.2 Å². The van der Waals surface area contributed by atoms with E-state index in [1.165, 1.54) is 0 Å². The molecule has 1 fully saturated rings. The van der Waals surface area contributed by atoms with Crippen LogP contribution in [-0.4, -0.2) is 31.3 Å². The maximum absolute atomic E-state index is 11.4. The van der Waals surface area contributed by atoms with Crippen LogP contribution < -0.4 is 10.6 Å². The number of ketones is 1. The first-order valence-electron chi connectivity index (χ1n) is 6.28. The Morgan fingerprint density at radius 1 is 0.812 bits per heavy atom. The van der Waals surface area contributed by atoms with Gasteiger partial charge in [0.1, 0.15) is 5.78 Å². The molecule has 2 N–H and O–H groups in total. The van der Waals surface area contributed by atoms with Gasteiger partial charge in [-0.25, -0.2) is 0 Å². The average Bonchev–Trinajstić information content (AvgIpc) is 2.26. The van der Waals surface area contributed by atoms with Gasteiger partial charge in [0.25, 0.3) is 0 Å². The summed E-state index contributed by atoms with van der Waals surface area (Å²) in [6, 6.07) is 0. The lowest BCUT2D eigenvalue weighted by Crippen LogP contribution is -2.26. The molecule has 92 valence electrons. The van der Waals surface area contributed by atoms with E-state index in [0.717, 1.165) is 38.6 Å². The van der Waals surface area contributed by atoms with Crippen molar-refractivity contribution in [2.75, 3.05) is 19.6 Å². The molecule has 0 saturated carbocycles. The number of Topliss-reactive ketones (excluding diaryl/α,β-unsaturated/α-hetero) is 1. The smallest absolute Gasteiger partial charge is 0.219 e. The van der Waals surface area contributed by atoms with Gasteiger partial charge in [0.2, 0.25) is 5.91 Å². The van der Waals surface area contributed by atoms with Crippen LogP contribution in [0.25, 0.3) is 0 Å². The fraction of sp³-hybridized carbons (Fsp3) is 0.833. The second kappa shape index (κ2) is 8.28. The van der Waals surface area contributed by atoms with Crippen LogP contribution in [0.3, 0.4) is 0 Å². The Labute approximate surface area is 97.2 Å². The largest absolute Gasteiger partial charge is 0.356 e. The third-order valence-electron chi connectivity index (χ3n) is 2.78. The molecule has 1 saturated heterocycles. The van der Waals surface area contributed by atoms with Crippen molar-refractivity contribution in [1.82, 2.24) is 10.6 Å². The third kappa shape index (κ3) is 6.56. The maximum atomic E-state index is 11.4. The Morgan fingerprint density at radius 2 is 1.56 bits per heavy atom. The van der Waals surface area contributed by atoms with Gasteiger partial charge >= 0.3 is 0 Å². The summed E-state index contributed by atoms with van der Waals surface area (Å²) in [5, 5.41) is 6.04. The zero-order valence-corrected chi connectivity index (χ0v) is 9.89. The van der Waals surface area contributed by atoms with Gasteiger partial charge in [-0.15, -0.1) is 0 Å². The lowest BCUT2D eigenvalue weighted by atomic mass is 10.1. The lowest BCUT2D eigenvalue weighted by Gasteiger charge is -2.08. The molecule has 0 aromatic rings. The van der Waals surface area contributed by atoms with Gasteiger partial charge in [-0.2, -0.15) is 0 Å². The predicted octanol–water partition coefficient (Wildman–Crippen LogP) is 1.01. The highest BCUT2D eigenvalue weighted by Crippen LogP contribution is 2.01. The molecule has 0 atom stereocenters. The molecule has 0 aromatic heterocycles. The number of hydrogen-bond donors (Lipinski definition) is 2. The monoisotopic (exact) mass is 226 g/mol. The standard InChI is InChI=1S/C12H22N2O2/c15-11-6-3-5-9-14-12(16)7-2-1-4-8-13-10-11/h13H,1-10H2,(H,14,16). The molecule has 0 unspecified atom stereocenters. The first kappa shape index (κ1) is 13.2. The molecular formula is C12H22N2O2. The van der Waals surface area contributed by atoms with E-state index in [1.807, 2.05) is 0 Å². The normalized spacial score (nSPS) is 22.2. The van der Waals surface area contributed by atoms with Crippen molar-refractivity contribution in [2.45, 2.75) is 44.9 Å². The highest BCUT2D eigenvalue weighted by molar-refractivity contribution is 5.80. The minimum atomic E-state index is 0.149. The summed E-state index contributed by atoms with van der Waals surface area (Å²) in [6.45, 7) is 2.10. The van der Waals surface area contributed by atoms with Crippen LogP contribution in [0.1, 0.15) is 44.9 Å². The molecule has 1 amide bonds. The molecule has 0 aromatic carbocycles. The van der Waals surface area contributed by atoms with E-state index in [2.05, 4.69) is 10.6 Å². The first-order chi connectivity index (χ1) is 7.79. The van der Waals surface area contributed by atoms with Gasteiger partial charge in [0.15, 0.2) is 0 Å². The van der Waals surface area contributed by atoms with E-state index >= 15 is 0 Å². The summed E-state index contributed by atoms with van der Waals surface area (Å²) < 4.78 is 0. The molecule has 1 heterocycles. The van der Waals surface area contributed by atoms with Crippen molar-refractivity contribution in [2.24, 2.45) is 0 Å². The zero-order chi connectivity index (χ0) is 11.6. The van der Waals surface area contributed by atoms with Gasteiger partial charge in [0, 0.05) is 19.4 Å². The second-order valence-corrected chi connectivity index (χ2v) is 4.33. The maximum Gasteiger partial charge on any atom is 0.219 e. The SMILES string of the molecule is O=C1CCCCNC(=O)CCCCCNC1. The van der Waals surface area contributed by atoms with E-state index in [1.54, 1.807) is 0 Å². The van der Waals surface area contributed by atoms with Crippen LogP contribution in [0, 0.1) is 0 Å². The predicted molar refractivity (Wildman–Crippen MR) is 63.2 cm³/mol. The fourth-order valence-electron chi connectivity index (χ4n) is 1.79. The van der Waals surface area contributed by atoms with Gasteiger partial charge < -0.3 is 10.6 Å². The van der Waals surface area contributed by atoms with Crippen molar-refractivity contribution >= 4 is 11.7 Å². The van der Waals surface area contributed by atoms with Crippen LogP contribution >= 0.6 is 0 Å². The van der Waals surface area contributed by atoms with Crippen molar-refractivity contribution in [3.05, 3.63) is 0 Å². The Bertz CT molecular complexity index is 207. The van der Waals surface area contributed by atoms with Crippen molar-refractivity contribution in [1.29, 1.82) is 0 Å². The molecule has 1 aliphatic rings. The minimum absolute atomic E-state index is 0.149. The second-order valence-electron chi connectivity index (χ2n) is 4.33. The Kier molecular flexibility index (Phi) is 6.81. The molecule has 1 rings (SSSR count). The summed E-state index contributed by atoms with van der Waals surface area (Å²) in [5.41, 5.74) is 0. The van der Waals surface area contributed by atoms with Crippen LogP contribution in [0.4, 0.5) is 0 Å². The molecule has 4 heteroatoms. The topological polar surface area (TPSA) is 58.2 Å². The van der Waals surface area contributed by atoms with Gasteiger partial charge in [-0.1, -0.05) is 6.42 Å². The number of carbonyl (C=O) groups is 2. The number of amides is 1. The fourth-order valence-corrected chi connectivity index (χ4v) is 1.79. The molecule has 0 spiro atoms. The molecule has 0 radical (unpaired) electrons. The third-order valence-corrected chi connectivity index (χ3v) is 2.78. The van der Waals surface area contributed by atoms with E-state index in [-0.39, 0.29) is 11.7 Å².